The molecule has 1 aliphatic heterocycles. The lowest BCUT2D eigenvalue weighted by molar-refractivity contribution is -0.121. The highest BCUT2D eigenvalue weighted by Crippen LogP contribution is 2.38. The molecule has 0 bridgehead atoms. The zero-order chi connectivity index (χ0) is 21.9. The quantitative estimate of drug-likeness (QED) is 0.767. The largest absolute Gasteiger partial charge is 0.444 e. The van der Waals surface area contributed by atoms with Crippen LogP contribution in [0, 0.1) is 0 Å². The Bertz CT molecular complexity index is 900. The van der Waals surface area contributed by atoms with Gasteiger partial charge in [-0.3, -0.25) is 9.69 Å². The lowest BCUT2D eigenvalue weighted by atomic mass is 9.94. The van der Waals surface area contributed by atoms with Crippen molar-refractivity contribution in [1.29, 1.82) is 0 Å². The Kier molecular flexibility index (Phi) is 6.48. The molecular formula is C23H32N4O3. The number of rotatable bonds is 5. The SMILES string of the molecule is CCCc1cnc(C2CCc3ccccc3N2C(=O)C(C)NC(=O)OC(C)(C)C)[nH]1. The van der Waals surface area contributed by atoms with Gasteiger partial charge in [0.25, 0.3) is 0 Å². The van der Waals surface area contributed by atoms with E-state index in [1.54, 1.807) is 32.6 Å². The van der Waals surface area contributed by atoms with Gasteiger partial charge in [-0.1, -0.05) is 31.5 Å². The minimum absolute atomic E-state index is 0.188. The van der Waals surface area contributed by atoms with Crippen molar-refractivity contribution >= 4 is 17.7 Å². The summed E-state index contributed by atoms with van der Waals surface area (Å²) in [5.74, 6) is 0.595. The minimum Gasteiger partial charge on any atom is -0.444 e. The first-order chi connectivity index (χ1) is 14.2. The molecule has 3 rings (SSSR count). The van der Waals surface area contributed by atoms with Gasteiger partial charge in [0.2, 0.25) is 5.91 Å². The van der Waals surface area contributed by atoms with Gasteiger partial charge in [-0.05, 0) is 58.6 Å². The van der Waals surface area contributed by atoms with E-state index in [0.717, 1.165) is 48.5 Å². The van der Waals surface area contributed by atoms with E-state index in [0.29, 0.717) is 0 Å². The first-order valence-electron chi connectivity index (χ1n) is 10.6. The average molecular weight is 413 g/mol. The number of carbonyl (C=O) groups is 2. The van der Waals surface area contributed by atoms with E-state index in [9.17, 15) is 9.59 Å². The summed E-state index contributed by atoms with van der Waals surface area (Å²) in [5.41, 5.74) is 2.42. The van der Waals surface area contributed by atoms with Crippen molar-refractivity contribution < 1.29 is 14.3 Å². The first-order valence-corrected chi connectivity index (χ1v) is 10.6. The number of aryl methyl sites for hydroxylation is 2. The Morgan fingerprint density at radius 3 is 2.77 bits per heavy atom. The molecule has 7 heteroatoms. The van der Waals surface area contributed by atoms with Crippen LogP contribution in [0.4, 0.5) is 10.5 Å². The van der Waals surface area contributed by atoms with Gasteiger partial charge in [0, 0.05) is 17.6 Å². The molecule has 1 aromatic carbocycles. The maximum atomic E-state index is 13.5. The molecule has 0 fully saturated rings. The summed E-state index contributed by atoms with van der Waals surface area (Å²) in [4.78, 5) is 35.4. The second kappa shape index (κ2) is 8.90. The lowest BCUT2D eigenvalue weighted by Crippen LogP contribution is -2.50. The molecule has 0 aliphatic carbocycles. The second-order valence-electron chi connectivity index (χ2n) is 8.80. The van der Waals surface area contributed by atoms with Gasteiger partial charge >= 0.3 is 6.09 Å². The highest BCUT2D eigenvalue weighted by molar-refractivity contribution is 6.00. The van der Waals surface area contributed by atoms with Crippen molar-refractivity contribution in [2.75, 3.05) is 4.90 Å². The maximum absolute atomic E-state index is 13.5. The number of aromatic amines is 1. The zero-order valence-electron chi connectivity index (χ0n) is 18.5. The zero-order valence-corrected chi connectivity index (χ0v) is 18.5. The van der Waals surface area contributed by atoms with Gasteiger partial charge in [-0.15, -0.1) is 0 Å². The molecule has 1 aliphatic rings. The van der Waals surface area contributed by atoms with Crippen LogP contribution >= 0.6 is 0 Å². The summed E-state index contributed by atoms with van der Waals surface area (Å²) in [6.07, 6.45) is 4.82. The van der Waals surface area contributed by atoms with E-state index in [2.05, 4.69) is 22.2 Å². The molecule has 2 aromatic rings. The number of fused-ring (bicyclic) bond motifs is 1. The number of carbonyl (C=O) groups excluding carboxylic acids is 2. The molecule has 162 valence electrons. The number of nitrogens with one attached hydrogen (secondary N) is 2. The highest BCUT2D eigenvalue weighted by Gasteiger charge is 2.36. The van der Waals surface area contributed by atoms with Gasteiger partial charge in [0.15, 0.2) is 0 Å². The topological polar surface area (TPSA) is 87.3 Å². The Hall–Kier alpha value is -2.83. The summed E-state index contributed by atoms with van der Waals surface area (Å²) in [6, 6.07) is 6.96. The second-order valence-corrected chi connectivity index (χ2v) is 8.80. The predicted octanol–water partition coefficient (Wildman–Crippen LogP) is 4.30. The molecule has 0 saturated heterocycles. The number of nitrogens with zero attached hydrogens (tertiary/aromatic N) is 2. The number of H-pyrrole nitrogens is 1. The third kappa shape index (κ3) is 5.01. The number of aromatic nitrogens is 2. The van der Waals surface area contributed by atoms with Crippen molar-refractivity contribution in [3.63, 3.8) is 0 Å². The van der Waals surface area contributed by atoms with E-state index in [-0.39, 0.29) is 11.9 Å². The summed E-state index contributed by atoms with van der Waals surface area (Å²) in [6.45, 7) is 9.19. The van der Waals surface area contributed by atoms with Crippen molar-refractivity contribution in [3.8, 4) is 0 Å². The number of hydrogen-bond acceptors (Lipinski definition) is 4. The van der Waals surface area contributed by atoms with Gasteiger partial charge < -0.3 is 15.0 Å². The number of imidazole rings is 1. The van der Waals surface area contributed by atoms with Crippen LogP contribution < -0.4 is 10.2 Å². The Morgan fingerprint density at radius 1 is 1.33 bits per heavy atom. The van der Waals surface area contributed by atoms with Gasteiger partial charge in [0.1, 0.15) is 17.5 Å². The normalized spacial score (nSPS) is 17.2. The van der Waals surface area contributed by atoms with Crippen molar-refractivity contribution in [2.45, 2.75) is 78.0 Å². The van der Waals surface area contributed by atoms with Gasteiger partial charge in [0.05, 0.1) is 6.04 Å². The molecule has 0 spiro atoms. The molecule has 2 heterocycles. The fourth-order valence-corrected chi connectivity index (χ4v) is 3.77. The average Bonchev–Trinajstić information content (AvgIpc) is 3.13. The minimum atomic E-state index is -0.737. The fraction of sp³-hybridized carbons (Fsp3) is 0.522. The molecule has 2 atom stereocenters. The van der Waals surface area contributed by atoms with Crippen LogP contribution in [-0.4, -0.2) is 33.6 Å². The first kappa shape index (κ1) is 21.9. The molecule has 1 aromatic heterocycles. The Balaban J connectivity index is 1.87. The van der Waals surface area contributed by atoms with Crippen LogP contribution in [0.15, 0.2) is 30.5 Å². The standard InChI is InChI=1S/C23H32N4O3/c1-6-9-17-14-24-20(26-17)19-13-12-16-10-7-8-11-18(16)27(19)21(28)15(2)25-22(29)30-23(3,4)5/h7-8,10-11,14-15,19H,6,9,12-13H2,1-5H3,(H,24,26)(H,25,29). The summed E-state index contributed by atoms with van der Waals surface area (Å²) >= 11 is 0. The Morgan fingerprint density at radius 2 is 2.07 bits per heavy atom. The number of hydrogen-bond donors (Lipinski definition) is 2. The summed E-state index contributed by atoms with van der Waals surface area (Å²) < 4.78 is 5.32. The van der Waals surface area contributed by atoms with Crippen LogP contribution in [0.3, 0.4) is 0 Å². The van der Waals surface area contributed by atoms with Gasteiger partial charge in [-0.2, -0.15) is 0 Å². The number of alkyl carbamates (subject to hydrolysis) is 1. The van der Waals surface area contributed by atoms with E-state index >= 15 is 0 Å². The number of benzene rings is 1. The smallest absolute Gasteiger partial charge is 0.408 e. The lowest BCUT2D eigenvalue weighted by Gasteiger charge is -2.37. The highest BCUT2D eigenvalue weighted by atomic mass is 16.6. The van der Waals surface area contributed by atoms with E-state index in [1.807, 2.05) is 30.5 Å². The monoisotopic (exact) mass is 412 g/mol. The number of anilines is 1. The van der Waals surface area contributed by atoms with Crippen LogP contribution in [0.1, 0.15) is 70.6 Å². The maximum Gasteiger partial charge on any atom is 0.408 e. The van der Waals surface area contributed by atoms with Crippen molar-refractivity contribution in [2.24, 2.45) is 0 Å². The molecule has 2 N–H and O–H groups in total. The Labute approximate surface area is 178 Å². The van der Waals surface area contributed by atoms with Crippen LogP contribution in [-0.2, 0) is 22.4 Å². The summed E-state index contributed by atoms with van der Waals surface area (Å²) in [5, 5.41) is 2.68. The summed E-state index contributed by atoms with van der Waals surface area (Å²) in [7, 11) is 0. The third-order valence-corrected chi connectivity index (χ3v) is 5.07. The van der Waals surface area contributed by atoms with Crippen LogP contribution in [0.25, 0.3) is 0 Å². The molecular weight excluding hydrogens is 380 g/mol. The van der Waals surface area contributed by atoms with E-state index in [1.165, 1.54) is 0 Å². The molecule has 0 radical (unpaired) electrons. The predicted molar refractivity (Wildman–Crippen MR) is 116 cm³/mol. The molecule has 2 unspecified atom stereocenters. The number of amides is 2. The van der Waals surface area contributed by atoms with Crippen LogP contribution in [0.2, 0.25) is 0 Å². The third-order valence-electron chi connectivity index (χ3n) is 5.07. The molecule has 2 amide bonds. The van der Waals surface area contributed by atoms with Crippen LogP contribution in [0.5, 0.6) is 0 Å². The van der Waals surface area contributed by atoms with E-state index in [4.69, 9.17) is 4.74 Å². The number of para-hydroxylation sites is 1. The molecule has 0 saturated carbocycles. The van der Waals surface area contributed by atoms with Crippen molar-refractivity contribution in [3.05, 3.63) is 47.5 Å². The van der Waals surface area contributed by atoms with Crippen molar-refractivity contribution in [1.82, 2.24) is 15.3 Å². The molecule has 7 nitrogen and oxygen atoms in total. The number of ether oxygens (including phenoxy) is 1. The fourth-order valence-electron chi connectivity index (χ4n) is 3.77. The van der Waals surface area contributed by atoms with E-state index < -0.39 is 17.7 Å². The van der Waals surface area contributed by atoms with Gasteiger partial charge in [-0.25, -0.2) is 9.78 Å². The molecule has 30 heavy (non-hydrogen) atoms.